The zero-order valence-electron chi connectivity index (χ0n) is 17.0. The van der Waals surface area contributed by atoms with Crippen LogP contribution in [0.1, 0.15) is 45.1 Å². The molecule has 150 valence electrons. The van der Waals surface area contributed by atoms with Gasteiger partial charge in [-0.05, 0) is 43.7 Å². The molecule has 1 unspecified atom stereocenters. The summed E-state index contributed by atoms with van der Waals surface area (Å²) >= 11 is 0. The summed E-state index contributed by atoms with van der Waals surface area (Å²) in [5, 5.41) is 8.73. The average molecular weight is 390 g/mol. The number of hydrogen-bond acceptors (Lipinski definition) is 3. The van der Waals surface area contributed by atoms with Crippen molar-refractivity contribution in [1.82, 2.24) is 5.32 Å². The highest BCUT2D eigenvalue weighted by Crippen LogP contribution is 2.22. The van der Waals surface area contributed by atoms with Crippen LogP contribution in [0, 0.1) is 0 Å². The van der Waals surface area contributed by atoms with Gasteiger partial charge in [-0.1, -0.05) is 63.1 Å². The number of anilines is 1. The third kappa shape index (κ3) is 9.70. The number of hydrogen-bond donors (Lipinski definition) is 2. The molecule has 0 aliphatic rings. The van der Waals surface area contributed by atoms with Crippen LogP contribution < -0.4 is 15.4 Å². The molecule has 0 bridgehead atoms. The minimum atomic E-state index is -1.44. The Labute approximate surface area is 167 Å². The first kappa shape index (κ1) is 23.3. The first-order chi connectivity index (χ1) is 13.1. The minimum absolute atomic E-state index is 0.704. The maximum Gasteiger partial charge on any atom is 0.122 e. The predicted molar refractivity (Wildman–Crippen MR) is 118 cm³/mol. The fraction of sp³-hybridized carbons (Fsp3) is 0.455. The predicted octanol–water partition coefficient (Wildman–Crippen LogP) is 4.48. The second kappa shape index (κ2) is 14.4. The summed E-state index contributed by atoms with van der Waals surface area (Å²) < 4.78 is 11.7. The number of nitrogens with one attached hydrogen (secondary N) is 1. The molecule has 2 aromatic rings. The maximum absolute atomic E-state index is 11.7. The second-order valence-electron chi connectivity index (χ2n) is 6.51. The van der Waals surface area contributed by atoms with Gasteiger partial charge in [-0.15, -0.1) is 0 Å². The van der Waals surface area contributed by atoms with E-state index in [1.54, 1.807) is 0 Å². The van der Waals surface area contributed by atoms with Gasteiger partial charge in [-0.2, -0.15) is 0 Å². The van der Waals surface area contributed by atoms with Crippen LogP contribution in [0.4, 0.5) is 5.69 Å². The second-order valence-corrected chi connectivity index (χ2v) is 7.58. The van der Waals surface area contributed by atoms with E-state index in [2.05, 4.69) is 30.1 Å². The molecule has 0 heterocycles. The van der Waals surface area contributed by atoms with Gasteiger partial charge in [-0.3, -0.25) is 0 Å². The lowest BCUT2D eigenvalue weighted by atomic mass is 10.1. The largest absolute Gasteiger partial charge is 0.371 e. The third-order valence-electron chi connectivity index (χ3n) is 4.16. The Morgan fingerprint density at radius 3 is 1.85 bits per heavy atom. The standard InChI is InChI=1S/C16H29N3OS.C6H6/c1-4-6-8-19(9-7-5-2)15-10-14(13-18-3)11-16(12-15)21(17)20;1-2-4-6-5-3-1/h10-12,18H,4-9,13,17H2,1-3H3;1-6H. The highest BCUT2D eigenvalue weighted by atomic mass is 32.2. The van der Waals surface area contributed by atoms with Crippen LogP contribution >= 0.6 is 0 Å². The number of nitrogens with zero attached hydrogens (tertiary/aromatic N) is 1. The number of rotatable bonds is 10. The van der Waals surface area contributed by atoms with Gasteiger partial charge >= 0.3 is 0 Å². The van der Waals surface area contributed by atoms with Crippen molar-refractivity contribution < 1.29 is 4.21 Å². The lowest BCUT2D eigenvalue weighted by Crippen LogP contribution is -2.26. The summed E-state index contributed by atoms with van der Waals surface area (Å²) in [5.74, 6) is 0. The van der Waals surface area contributed by atoms with Gasteiger partial charge in [0.1, 0.15) is 11.0 Å². The van der Waals surface area contributed by atoms with E-state index in [1.165, 1.54) is 25.7 Å². The van der Waals surface area contributed by atoms with E-state index in [9.17, 15) is 4.21 Å². The Kier molecular flexibility index (Phi) is 12.4. The van der Waals surface area contributed by atoms with E-state index >= 15 is 0 Å². The summed E-state index contributed by atoms with van der Waals surface area (Å²) in [5.41, 5.74) is 2.26. The highest BCUT2D eigenvalue weighted by Gasteiger charge is 2.10. The molecular formula is C22H35N3OS. The Morgan fingerprint density at radius 1 is 0.926 bits per heavy atom. The van der Waals surface area contributed by atoms with Crippen LogP contribution in [0.5, 0.6) is 0 Å². The fourth-order valence-corrected chi connectivity index (χ4v) is 3.21. The fourth-order valence-electron chi connectivity index (χ4n) is 2.70. The van der Waals surface area contributed by atoms with Crippen molar-refractivity contribution in [2.24, 2.45) is 5.14 Å². The van der Waals surface area contributed by atoms with E-state index in [0.29, 0.717) is 4.90 Å². The van der Waals surface area contributed by atoms with Gasteiger partial charge in [0.05, 0.1) is 4.90 Å². The van der Waals surface area contributed by atoms with Gasteiger partial charge in [-0.25, -0.2) is 9.35 Å². The van der Waals surface area contributed by atoms with Crippen molar-refractivity contribution in [1.29, 1.82) is 0 Å². The summed E-state index contributed by atoms with van der Waals surface area (Å²) in [6.45, 7) is 7.24. The Bertz CT molecular complexity index is 615. The van der Waals surface area contributed by atoms with Gasteiger partial charge in [0.15, 0.2) is 0 Å². The van der Waals surface area contributed by atoms with Gasteiger partial charge in [0.2, 0.25) is 0 Å². The lowest BCUT2D eigenvalue weighted by Gasteiger charge is -2.26. The van der Waals surface area contributed by atoms with Crippen LogP contribution in [0.2, 0.25) is 0 Å². The molecule has 5 heteroatoms. The zero-order chi connectivity index (χ0) is 19.9. The Morgan fingerprint density at radius 2 is 1.44 bits per heavy atom. The van der Waals surface area contributed by atoms with Crippen LogP contribution in [0.3, 0.4) is 0 Å². The first-order valence-corrected chi connectivity index (χ1v) is 11.0. The molecule has 27 heavy (non-hydrogen) atoms. The lowest BCUT2D eigenvalue weighted by molar-refractivity contribution is 0.674. The van der Waals surface area contributed by atoms with E-state index in [1.807, 2.05) is 55.6 Å². The third-order valence-corrected chi connectivity index (χ3v) is 4.86. The monoisotopic (exact) mass is 389 g/mol. The zero-order valence-corrected chi connectivity index (χ0v) is 17.8. The topological polar surface area (TPSA) is 58.4 Å². The molecule has 0 aliphatic heterocycles. The molecule has 3 N–H and O–H groups in total. The Balaban J connectivity index is 0.000000511. The minimum Gasteiger partial charge on any atom is -0.371 e. The quantitative estimate of drug-likeness (QED) is 0.630. The van der Waals surface area contributed by atoms with Crippen LogP contribution in [0.15, 0.2) is 59.5 Å². The highest BCUT2D eigenvalue weighted by molar-refractivity contribution is 7.82. The molecule has 2 rings (SSSR count). The molecule has 0 saturated heterocycles. The molecule has 1 atom stereocenters. The number of unbranched alkanes of at least 4 members (excludes halogenated alkanes) is 2. The van der Waals surface area contributed by atoms with Crippen molar-refractivity contribution in [3.8, 4) is 0 Å². The molecule has 0 radical (unpaired) electrons. The molecule has 4 nitrogen and oxygen atoms in total. The van der Waals surface area contributed by atoms with E-state index in [-0.39, 0.29) is 0 Å². The smallest absolute Gasteiger partial charge is 0.122 e. The van der Waals surface area contributed by atoms with Crippen molar-refractivity contribution in [3.63, 3.8) is 0 Å². The van der Waals surface area contributed by atoms with Crippen LogP contribution in [-0.4, -0.2) is 24.3 Å². The van der Waals surface area contributed by atoms with E-state index in [4.69, 9.17) is 5.14 Å². The molecule has 2 aromatic carbocycles. The maximum atomic E-state index is 11.7. The molecule has 0 saturated carbocycles. The van der Waals surface area contributed by atoms with E-state index < -0.39 is 11.0 Å². The number of benzene rings is 2. The first-order valence-electron chi connectivity index (χ1n) is 9.82. The summed E-state index contributed by atoms with van der Waals surface area (Å²) in [6.07, 6.45) is 4.69. The Hall–Kier alpha value is -1.69. The summed E-state index contributed by atoms with van der Waals surface area (Å²) in [4.78, 5) is 3.10. The normalized spacial score (nSPS) is 11.4. The summed E-state index contributed by atoms with van der Waals surface area (Å²) in [6, 6.07) is 18.1. The molecule has 0 fully saturated rings. The summed E-state index contributed by atoms with van der Waals surface area (Å²) in [7, 11) is 0.479. The SMILES string of the molecule is CCCCN(CCCC)c1cc(CNC)cc(S(N)=O)c1.c1ccccc1. The van der Waals surface area contributed by atoms with Crippen molar-refractivity contribution in [2.75, 3.05) is 25.0 Å². The van der Waals surface area contributed by atoms with Crippen molar-refractivity contribution >= 4 is 16.7 Å². The molecule has 0 spiro atoms. The number of nitrogens with two attached hydrogens (primary N) is 1. The van der Waals surface area contributed by atoms with Gasteiger partial charge in [0.25, 0.3) is 0 Å². The molecule has 0 aromatic heterocycles. The molecular weight excluding hydrogens is 354 g/mol. The molecule has 0 amide bonds. The van der Waals surface area contributed by atoms with Gasteiger partial charge < -0.3 is 10.2 Å². The van der Waals surface area contributed by atoms with Crippen molar-refractivity contribution in [3.05, 3.63) is 60.2 Å². The average Bonchev–Trinajstić information content (AvgIpc) is 2.70. The van der Waals surface area contributed by atoms with Crippen LogP contribution in [-0.2, 0) is 17.5 Å². The van der Waals surface area contributed by atoms with Gasteiger partial charge in [0, 0.05) is 25.3 Å². The van der Waals surface area contributed by atoms with Crippen LogP contribution in [0.25, 0.3) is 0 Å². The van der Waals surface area contributed by atoms with Crippen molar-refractivity contribution in [2.45, 2.75) is 51.0 Å². The molecule has 0 aliphatic carbocycles. The van der Waals surface area contributed by atoms with E-state index in [0.717, 1.165) is 30.9 Å².